The number of piperazine rings is 1. The molecule has 0 N–H and O–H groups in total. The Morgan fingerprint density at radius 3 is 2.34 bits per heavy atom. The molecule has 32 heavy (non-hydrogen) atoms. The zero-order chi connectivity index (χ0) is 22.7. The molecule has 4 rings (SSSR count). The first-order valence-electron chi connectivity index (χ1n) is 11.0. The average molecular weight is 465 g/mol. The van der Waals surface area contributed by atoms with Gasteiger partial charge in [-0.25, -0.2) is 0 Å². The summed E-state index contributed by atoms with van der Waals surface area (Å²) >= 11 is 7.99. The molecule has 0 aromatic heterocycles. The molecule has 1 saturated heterocycles. The Hall–Kier alpha value is -2.27. The van der Waals surface area contributed by atoms with Gasteiger partial charge in [0.15, 0.2) is 0 Å². The summed E-state index contributed by atoms with van der Waals surface area (Å²) in [6, 6.07) is 23.2. The number of carbonyl (C=O) groups excluding carboxylic acids is 1. The predicted octanol–water partition coefficient (Wildman–Crippen LogP) is 6.23. The minimum atomic E-state index is 0.0218. The van der Waals surface area contributed by atoms with E-state index in [1.165, 1.54) is 22.3 Å². The zero-order valence-corrected chi connectivity index (χ0v) is 20.4. The molecule has 0 unspecified atom stereocenters. The molecule has 1 aliphatic heterocycles. The van der Waals surface area contributed by atoms with Crippen LogP contribution in [0.3, 0.4) is 0 Å². The van der Waals surface area contributed by atoms with Gasteiger partial charge >= 0.3 is 0 Å². The molecule has 0 aliphatic carbocycles. The summed E-state index contributed by atoms with van der Waals surface area (Å²) in [6.45, 7) is 7.34. The number of amides is 1. The van der Waals surface area contributed by atoms with Gasteiger partial charge in [0.1, 0.15) is 0 Å². The van der Waals surface area contributed by atoms with Gasteiger partial charge in [0.05, 0.1) is 16.6 Å². The Balaban J connectivity index is 1.57. The fraction of sp³-hybridized carbons (Fsp3) is 0.296. The first-order chi connectivity index (χ1) is 15.5. The molecule has 0 saturated carbocycles. The molecule has 1 aliphatic rings. The second-order valence-corrected chi connectivity index (χ2v) is 9.63. The summed E-state index contributed by atoms with van der Waals surface area (Å²) in [5.41, 5.74) is 5.79. The molecule has 1 heterocycles. The normalized spacial score (nSPS) is 15.6. The second kappa shape index (κ2) is 10.1. The van der Waals surface area contributed by atoms with Crippen molar-refractivity contribution in [3.63, 3.8) is 0 Å². The summed E-state index contributed by atoms with van der Waals surface area (Å²) in [7, 11) is 0. The first kappa shape index (κ1) is 22.9. The van der Waals surface area contributed by atoms with Crippen LogP contribution in [0, 0.1) is 13.8 Å². The number of thioether (sulfide) groups is 1. The second-order valence-electron chi connectivity index (χ2n) is 8.35. The average Bonchev–Trinajstić information content (AvgIpc) is 2.82. The summed E-state index contributed by atoms with van der Waals surface area (Å²) in [5.74, 6) is 0.0218. The van der Waals surface area contributed by atoms with Crippen molar-refractivity contribution in [2.45, 2.75) is 24.8 Å². The summed E-state index contributed by atoms with van der Waals surface area (Å²) in [5, 5.41) is 0.521. The third-order valence-corrected chi connectivity index (χ3v) is 7.27. The Morgan fingerprint density at radius 1 is 0.938 bits per heavy atom. The van der Waals surface area contributed by atoms with E-state index in [4.69, 9.17) is 11.6 Å². The van der Waals surface area contributed by atoms with Crippen LogP contribution in [0.1, 0.15) is 38.7 Å². The van der Waals surface area contributed by atoms with Crippen LogP contribution in [0.15, 0.2) is 71.6 Å². The van der Waals surface area contributed by atoms with Crippen molar-refractivity contribution in [3.8, 4) is 0 Å². The van der Waals surface area contributed by atoms with Crippen molar-refractivity contribution in [3.05, 3.63) is 99.6 Å². The molecule has 1 fully saturated rings. The topological polar surface area (TPSA) is 23.6 Å². The standard InChI is InChI=1S/C27H29ClN2OS/c1-19-9-10-20(2)23(17-19)26(21-7-5-4-6-8-21)29-13-15-30(16-14-29)27(31)24-18-22(32-3)11-12-25(24)28/h4-12,17-18,26H,13-16H2,1-3H3/t26-/m1/s1. The molecule has 5 heteroatoms. The number of aryl methyl sites for hydroxylation is 2. The molecule has 0 spiro atoms. The minimum absolute atomic E-state index is 0.0218. The Labute approximate surface area is 200 Å². The van der Waals surface area contributed by atoms with E-state index >= 15 is 0 Å². The zero-order valence-electron chi connectivity index (χ0n) is 18.8. The van der Waals surface area contributed by atoms with E-state index in [1.54, 1.807) is 11.8 Å². The van der Waals surface area contributed by atoms with Crippen molar-refractivity contribution in [1.29, 1.82) is 0 Å². The number of halogens is 1. The quantitative estimate of drug-likeness (QED) is 0.418. The molecule has 1 atom stereocenters. The van der Waals surface area contributed by atoms with Crippen LogP contribution in [0.5, 0.6) is 0 Å². The van der Waals surface area contributed by atoms with Crippen molar-refractivity contribution < 1.29 is 4.79 Å². The van der Waals surface area contributed by atoms with E-state index < -0.39 is 0 Å². The van der Waals surface area contributed by atoms with Crippen LogP contribution >= 0.6 is 23.4 Å². The highest BCUT2D eigenvalue weighted by molar-refractivity contribution is 7.98. The minimum Gasteiger partial charge on any atom is -0.336 e. The Morgan fingerprint density at radius 2 is 1.66 bits per heavy atom. The maximum absolute atomic E-state index is 13.2. The molecule has 0 radical (unpaired) electrons. The van der Waals surface area contributed by atoms with Crippen LogP contribution in [0.4, 0.5) is 0 Å². The monoisotopic (exact) mass is 464 g/mol. The predicted molar refractivity (Wildman–Crippen MR) is 135 cm³/mol. The van der Waals surface area contributed by atoms with Crippen LogP contribution in [-0.4, -0.2) is 48.1 Å². The molecule has 3 aromatic rings. The molecular weight excluding hydrogens is 436 g/mol. The highest BCUT2D eigenvalue weighted by Crippen LogP contribution is 2.33. The number of carbonyl (C=O) groups is 1. The summed E-state index contributed by atoms with van der Waals surface area (Å²) in [4.78, 5) is 18.7. The van der Waals surface area contributed by atoms with E-state index in [9.17, 15) is 4.79 Å². The van der Waals surface area contributed by atoms with E-state index in [0.29, 0.717) is 23.7 Å². The van der Waals surface area contributed by atoms with E-state index in [-0.39, 0.29) is 11.9 Å². The Kier molecular flexibility index (Phi) is 7.24. The van der Waals surface area contributed by atoms with Gasteiger partial charge in [-0.3, -0.25) is 9.69 Å². The summed E-state index contributed by atoms with van der Waals surface area (Å²) < 4.78 is 0. The lowest BCUT2D eigenvalue weighted by Gasteiger charge is -2.40. The number of nitrogens with zero attached hydrogens (tertiary/aromatic N) is 2. The third-order valence-electron chi connectivity index (χ3n) is 6.22. The van der Waals surface area contributed by atoms with Crippen LogP contribution in [0.2, 0.25) is 5.02 Å². The van der Waals surface area contributed by atoms with Crippen LogP contribution in [-0.2, 0) is 0 Å². The van der Waals surface area contributed by atoms with Crippen molar-refractivity contribution in [1.82, 2.24) is 9.80 Å². The Bertz CT molecular complexity index is 1090. The SMILES string of the molecule is CSc1ccc(Cl)c(C(=O)N2CCN([C@H](c3ccccc3)c3cc(C)ccc3C)CC2)c1. The smallest absolute Gasteiger partial charge is 0.255 e. The number of benzene rings is 3. The lowest BCUT2D eigenvalue weighted by molar-refractivity contribution is 0.0597. The maximum Gasteiger partial charge on any atom is 0.255 e. The number of hydrogen-bond donors (Lipinski definition) is 0. The molecule has 3 aromatic carbocycles. The number of hydrogen-bond acceptors (Lipinski definition) is 3. The van der Waals surface area contributed by atoms with Crippen molar-refractivity contribution in [2.75, 3.05) is 32.4 Å². The van der Waals surface area contributed by atoms with Gasteiger partial charge in [0.2, 0.25) is 0 Å². The van der Waals surface area contributed by atoms with Gasteiger partial charge < -0.3 is 4.90 Å². The molecule has 1 amide bonds. The number of rotatable bonds is 5. The van der Waals surface area contributed by atoms with E-state index in [2.05, 4.69) is 67.3 Å². The van der Waals surface area contributed by atoms with Gasteiger partial charge in [-0.15, -0.1) is 11.8 Å². The largest absolute Gasteiger partial charge is 0.336 e. The maximum atomic E-state index is 13.2. The van der Waals surface area contributed by atoms with Gasteiger partial charge in [0, 0.05) is 31.1 Å². The van der Waals surface area contributed by atoms with E-state index in [1.807, 2.05) is 29.4 Å². The van der Waals surface area contributed by atoms with E-state index in [0.717, 1.165) is 18.0 Å². The lowest BCUT2D eigenvalue weighted by atomic mass is 9.92. The van der Waals surface area contributed by atoms with Gasteiger partial charge in [0.25, 0.3) is 5.91 Å². The highest BCUT2D eigenvalue weighted by atomic mass is 35.5. The van der Waals surface area contributed by atoms with Crippen LogP contribution < -0.4 is 0 Å². The third kappa shape index (κ3) is 4.88. The van der Waals surface area contributed by atoms with Gasteiger partial charge in [-0.1, -0.05) is 65.7 Å². The van der Waals surface area contributed by atoms with Gasteiger partial charge in [-0.05, 0) is 55.0 Å². The van der Waals surface area contributed by atoms with Gasteiger partial charge in [-0.2, -0.15) is 0 Å². The fourth-order valence-electron chi connectivity index (χ4n) is 4.43. The highest BCUT2D eigenvalue weighted by Gasteiger charge is 2.30. The molecule has 3 nitrogen and oxygen atoms in total. The molecule has 166 valence electrons. The lowest BCUT2D eigenvalue weighted by Crippen LogP contribution is -2.50. The van der Waals surface area contributed by atoms with Crippen molar-refractivity contribution in [2.24, 2.45) is 0 Å². The molecule has 0 bridgehead atoms. The fourth-order valence-corrected chi connectivity index (χ4v) is 5.06. The van der Waals surface area contributed by atoms with Crippen molar-refractivity contribution >= 4 is 29.3 Å². The summed E-state index contributed by atoms with van der Waals surface area (Å²) in [6.07, 6.45) is 2.01. The molecular formula is C27H29ClN2OS. The van der Waals surface area contributed by atoms with Crippen LogP contribution in [0.25, 0.3) is 0 Å². The first-order valence-corrected chi connectivity index (χ1v) is 12.6.